The van der Waals surface area contributed by atoms with Gasteiger partial charge in [-0.1, -0.05) is 17.9 Å². The Bertz CT molecular complexity index is 427. The molecule has 0 heterocycles. The molecule has 0 fully saturated rings. The highest BCUT2D eigenvalue weighted by Crippen LogP contribution is 2.12. The molecule has 0 unspecified atom stereocenters. The van der Waals surface area contributed by atoms with Gasteiger partial charge in [0.2, 0.25) is 0 Å². The lowest BCUT2D eigenvalue weighted by molar-refractivity contribution is 0.143. The number of hydrogen-bond donors (Lipinski definition) is 1. The molecule has 96 valence electrons. The Hall–Kier alpha value is -1.72. The summed E-state index contributed by atoms with van der Waals surface area (Å²) in [4.78, 5) is 0. The molecule has 0 spiro atoms. The molecule has 0 aliphatic carbocycles. The molecule has 18 heavy (non-hydrogen) atoms. The van der Waals surface area contributed by atoms with Gasteiger partial charge in [0.05, 0.1) is 6.61 Å². The van der Waals surface area contributed by atoms with E-state index in [1.807, 2.05) is 30.3 Å². The van der Waals surface area contributed by atoms with Crippen LogP contribution in [0.3, 0.4) is 0 Å². The number of ether oxygens (including phenoxy) is 1. The van der Waals surface area contributed by atoms with Gasteiger partial charge in [0.25, 0.3) is 0 Å². The number of aliphatic hydroxyl groups is 1. The predicted octanol–water partition coefficient (Wildman–Crippen LogP) is 3.15. The second-order valence-corrected chi connectivity index (χ2v) is 4.61. The third kappa shape index (κ3) is 6.12. The Morgan fingerprint density at radius 2 is 2.00 bits per heavy atom. The second kappa shape index (κ2) is 6.88. The zero-order valence-electron chi connectivity index (χ0n) is 11.1. The van der Waals surface area contributed by atoms with E-state index in [1.165, 1.54) is 0 Å². The average Bonchev–Trinajstić information content (AvgIpc) is 2.33. The monoisotopic (exact) mass is 244 g/mol. The van der Waals surface area contributed by atoms with Crippen LogP contribution < -0.4 is 4.74 Å². The summed E-state index contributed by atoms with van der Waals surface area (Å²) in [7, 11) is 0. The maximum absolute atomic E-state index is 9.49. The van der Waals surface area contributed by atoms with E-state index >= 15 is 0 Å². The highest BCUT2D eigenvalue weighted by molar-refractivity contribution is 5.39. The van der Waals surface area contributed by atoms with E-state index in [0.717, 1.165) is 24.2 Å². The summed E-state index contributed by atoms with van der Waals surface area (Å²) in [5, 5.41) is 9.49. The van der Waals surface area contributed by atoms with Gasteiger partial charge in [-0.25, -0.2) is 0 Å². The van der Waals surface area contributed by atoms with E-state index in [2.05, 4.69) is 18.4 Å². The molecule has 1 rings (SSSR count). The van der Waals surface area contributed by atoms with Crippen molar-refractivity contribution in [3.63, 3.8) is 0 Å². The molecule has 0 radical (unpaired) electrons. The molecule has 0 bridgehead atoms. The van der Waals surface area contributed by atoms with Gasteiger partial charge in [-0.2, -0.15) is 0 Å². The Morgan fingerprint density at radius 1 is 1.33 bits per heavy atom. The van der Waals surface area contributed by atoms with Crippen LogP contribution in [0.15, 0.2) is 36.9 Å². The Morgan fingerprint density at radius 3 is 2.56 bits per heavy atom. The summed E-state index contributed by atoms with van der Waals surface area (Å²) < 4.78 is 5.56. The van der Waals surface area contributed by atoms with Crippen molar-refractivity contribution >= 4 is 0 Å². The van der Waals surface area contributed by atoms with Crippen LogP contribution in [-0.2, 0) is 0 Å². The molecule has 0 saturated heterocycles. The second-order valence-electron chi connectivity index (χ2n) is 4.61. The number of hydrogen-bond acceptors (Lipinski definition) is 2. The number of rotatable bonds is 5. The lowest BCUT2D eigenvalue weighted by Crippen LogP contribution is -2.14. The van der Waals surface area contributed by atoms with Crippen molar-refractivity contribution in [1.82, 2.24) is 0 Å². The van der Waals surface area contributed by atoms with Gasteiger partial charge in [0.1, 0.15) is 11.4 Å². The van der Waals surface area contributed by atoms with Gasteiger partial charge in [0.15, 0.2) is 0 Å². The van der Waals surface area contributed by atoms with Gasteiger partial charge < -0.3 is 9.84 Å². The predicted molar refractivity (Wildman–Crippen MR) is 74.5 cm³/mol. The van der Waals surface area contributed by atoms with E-state index in [-0.39, 0.29) is 0 Å². The van der Waals surface area contributed by atoms with Crippen LogP contribution >= 0.6 is 0 Å². The minimum atomic E-state index is -0.958. The van der Waals surface area contributed by atoms with Crippen LogP contribution in [0, 0.1) is 11.8 Å². The van der Waals surface area contributed by atoms with Crippen molar-refractivity contribution < 1.29 is 9.84 Å². The first-order valence-corrected chi connectivity index (χ1v) is 6.10. The van der Waals surface area contributed by atoms with E-state index in [1.54, 1.807) is 13.8 Å². The summed E-state index contributed by atoms with van der Waals surface area (Å²) >= 11 is 0. The molecular weight excluding hydrogens is 224 g/mol. The highest BCUT2D eigenvalue weighted by atomic mass is 16.5. The number of unbranched alkanes of at least 4 members (excludes halogenated alkanes) is 1. The van der Waals surface area contributed by atoms with Crippen molar-refractivity contribution in [3.05, 3.63) is 42.5 Å². The van der Waals surface area contributed by atoms with Crippen LogP contribution in [0.4, 0.5) is 0 Å². The summed E-state index contributed by atoms with van der Waals surface area (Å²) in [5.41, 5.74) is -0.0876. The maximum Gasteiger partial charge on any atom is 0.120 e. The lowest BCUT2D eigenvalue weighted by Gasteiger charge is -2.06. The fourth-order valence-corrected chi connectivity index (χ4v) is 1.28. The van der Waals surface area contributed by atoms with Gasteiger partial charge in [-0.05, 0) is 51.0 Å². The van der Waals surface area contributed by atoms with Crippen LogP contribution in [-0.4, -0.2) is 17.3 Å². The Kier molecular flexibility index (Phi) is 5.48. The van der Waals surface area contributed by atoms with E-state index in [0.29, 0.717) is 6.61 Å². The molecule has 0 aliphatic heterocycles. The molecule has 0 aliphatic rings. The first-order chi connectivity index (χ1) is 8.51. The summed E-state index contributed by atoms with van der Waals surface area (Å²) in [6, 6.07) is 7.56. The quantitative estimate of drug-likeness (QED) is 0.490. The number of benzene rings is 1. The van der Waals surface area contributed by atoms with Gasteiger partial charge in [-0.3, -0.25) is 0 Å². The van der Waals surface area contributed by atoms with E-state index in [4.69, 9.17) is 4.74 Å². The molecule has 2 heteroatoms. The smallest absolute Gasteiger partial charge is 0.120 e. The lowest BCUT2D eigenvalue weighted by atomic mass is 10.1. The third-order valence-corrected chi connectivity index (χ3v) is 2.19. The third-order valence-electron chi connectivity index (χ3n) is 2.19. The summed E-state index contributed by atoms with van der Waals surface area (Å²) in [6.07, 6.45) is 3.83. The van der Waals surface area contributed by atoms with Crippen LogP contribution in [0.25, 0.3) is 0 Å². The van der Waals surface area contributed by atoms with Crippen molar-refractivity contribution in [1.29, 1.82) is 0 Å². The Balaban J connectivity index is 2.51. The molecule has 0 saturated carbocycles. The van der Waals surface area contributed by atoms with Crippen molar-refractivity contribution in [2.45, 2.75) is 32.3 Å². The number of allylic oxidation sites excluding steroid dienone is 1. The maximum atomic E-state index is 9.49. The largest absolute Gasteiger partial charge is 0.494 e. The zero-order valence-corrected chi connectivity index (χ0v) is 11.1. The topological polar surface area (TPSA) is 29.5 Å². The summed E-state index contributed by atoms with van der Waals surface area (Å²) in [6.45, 7) is 7.69. The minimum absolute atomic E-state index is 0.695. The zero-order chi connectivity index (χ0) is 13.4. The fourth-order valence-electron chi connectivity index (χ4n) is 1.28. The van der Waals surface area contributed by atoms with Crippen LogP contribution in [0.5, 0.6) is 5.75 Å². The molecule has 2 nitrogen and oxygen atoms in total. The highest BCUT2D eigenvalue weighted by Gasteiger charge is 2.05. The average molecular weight is 244 g/mol. The van der Waals surface area contributed by atoms with Gasteiger partial charge >= 0.3 is 0 Å². The van der Waals surface area contributed by atoms with Crippen molar-refractivity contribution in [2.24, 2.45) is 0 Å². The van der Waals surface area contributed by atoms with Gasteiger partial charge in [0, 0.05) is 5.56 Å². The first-order valence-electron chi connectivity index (χ1n) is 6.10. The Labute approximate surface area is 109 Å². The molecule has 1 aromatic carbocycles. The van der Waals surface area contributed by atoms with E-state index < -0.39 is 5.60 Å². The first kappa shape index (κ1) is 14.3. The standard InChI is InChI=1S/C16H20O2/c1-4-5-6-13-18-15-9-7-14(8-10-15)11-12-16(2,3)17/h4,7-10,17H,1,5-6,13H2,2-3H3. The van der Waals surface area contributed by atoms with Crippen LogP contribution in [0.1, 0.15) is 32.3 Å². The van der Waals surface area contributed by atoms with Gasteiger partial charge in [-0.15, -0.1) is 6.58 Å². The van der Waals surface area contributed by atoms with E-state index in [9.17, 15) is 5.11 Å². The van der Waals surface area contributed by atoms with Crippen molar-refractivity contribution in [3.8, 4) is 17.6 Å². The fraction of sp³-hybridized carbons (Fsp3) is 0.375. The van der Waals surface area contributed by atoms with Crippen molar-refractivity contribution in [2.75, 3.05) is 6.61 Å². The molecule has 1 N–H and O–H groups in total. The molecule has 0 atom stereocenters. The molecular formula is C16H20O2. The minimum Gasteiger partial charge on any atom is -0.494 e. The van der Waals surface area contributed by atoms with Crippen LogP contribution in [0.2, 0.25) is 0 Å². The SMILES string of the molecule is C=CCCCOc1ccc(C#CC(C)(C)O)cc1. The molecule has 1 aromatic rings. The normalized spacial score (nSPS) is 10.4. The molecule has 0 amide bonds. The molecule has 0 aromatic heterocycles. The summed E-state index contributed by atoms with van der Waals surface area (Å²) in [5.74, 6) is 6.53.